The quantitative estimate of drug-likeness (QED) is 0.547. The Kier molecular flexibility index (Phi) is 3.19. The van der Waals surface area contributed by atoms with E-state index >= 15 is 0 Å². The number of nitrogens with one attached hydrogen (secondary N) is 3. The lowest BCUT2D eigenvalue weighted by Gasteiger charge is -2.12. The van der Waals surface area contributed by atoms with Crippen LogP contribution in [0.4, 0.5) is 5.69 Å². The number of rotatable bonds is 4. The Morgan fingerprint density at radius 2 is 2.14 bits per heavy atom. The van der Waals surface area contributed by atoms with Crippen LogP contribution in [0.1, 0.15) is 18.5 Å². The average molecular weight is 305 g/mol. The number of nitrogens with two attached hydrogens (primary N) is 1. The summed E-state index contributed by atoms with van der Waals surface area (Å²) in [5.41, 5.74) is 7.73. The lowest BCUT2D eigenvalue weighted by Crippen LogP contribution is -2.26. The molecule has 1 unspecified atom stereocenters. The Labute approximate surface area is 121 Å². The summed E-state index contributed by atoms with van der Waals surface area (Å²) in [6, 6.07) is 4.72. The van der Waals surface area contributed by atoms with Crippen molar-refractivity contribution >= 4 is 26.6 Å². The van der Waals surface area contributed by atoms with Gasteiger partial charge in [-0.1, -0.05) is 0 Å². The van der Waals surface area contributed by atoms with Crippen molar-refractivity contribution in [1.82, 2.24) is 19.9 Å². The van der Waals surface area contributed by atoms with Crippen LogP contribution in [0.5, 0.6) is 0 Å². The lowest BCUT2D eigenvalue weighted by molar-refractivity contribution is 0.568. The highest BCUT2D eigenvalue weighted by atomic mass is 32.2. The molecular formula is C13H15N5O2S. The number of benzene rings is 1. The highest BCUT2D eigenvalue weighted by Gasteiger charge is 2.22. The third-order valence-electron chi connectivity index (χ3n) is 3.31. The van der Waals surface area contributed by atoms with E-state index in [-0.39, 0.29) is 10.9 Å². The number of nitrogens with zero attached hydrogens (tertiary/aromatic N) is 1. The number of nitrogen functional groups attached to an aromatic ring is 1. The van der Waals surface area contributed by atoms with E-state index < -0.39 is 10.0 Å². The number of anilines is 1. The van der Waals surface area contributed by atoms with Crippen molar-refractivity contribution in [2.75, 3.05) is 5.73 Å². The highest BCUT2D eigenvalue weighted by molar-refractivity contribution is 7.89. The fourth-order valence-electron chi connectivity index (χ4n) is 2.20. The molecule has 0 bridgehead atoms. The third kappa shape index (κ3) is 2.50. The second-order valence-electron chi connectivity index (χ2n) is 4.83. The minimum atomic E-state index is -3.66. The van der Waals surface area contributed by atoms with Crippen molar-refractivity contribution in [2.24, 2.45) is 0 Å². The standard InChI is InChI=1S/C13H15N5O2S/c1-8(9-5-16-17-6-9)18-21(19,20)13-7-15-12-3-2-10(14)4-11(12)13/h2-8,15,18H,14H2,1H3,(H,16,17). The molecule has 21 heavy (non-hydrogen) atoms. The van der Waals surface area contributed by atoms with Gasteiger partial charge in [0.15, 0.2) is 0 Å². The maximum atomic E-state index is 12.5. The molecule has 1 aromatic carbocycles. The molecule has 2 heterocycles. The Balaban J connectivity index is 1.98. The van der Waals surface area contributed by atoms with Gasteiger partial charge in [0.25, 0.3) is 0 Å². The monoisotopic (exact) mass is 305 g/mol. The first-order valence-electron chi connectivity index (χ1n) is 6.35. The molecule has 0 amide bonds. The molecule has 0 radical (unpaired) electrons. The SMILES string of the molecule is CC(NS(=O)(=O)c1c[nH]c2ccc(N)cc12)c1cn[nH]c1. The van der Waals surface area contributed by atoms with Crippen LogP contribution in [0.25, 0.3) is 10.9 Å². The van der Waals surface area contributed by atoms with Gasteiger partial charge in [-0.2, -0.15) is 5.10 Å². The van der Waals surface area contributed by atoms with Crippen molar-refractivity contribution < 1.29 is 8.42 Å². The van der Waals surface area contributed by atoms with Gasteiger partial charge in [-0.25, -0.2) is 13.1 Å². The minimum absolute atomic E-state index is 0.181. The summed E-state index contributed by atoms with van der Waals surface area (Å²) in [6.07, 6.45) is 4.70. The van der Waals surface area contributed by atoms with Gasteiger partial charge in [-0.3, -0.25) is 5.10 Å². The van der Waals surface area contributed by atoms with Gasteiger partial charge >= 0.3 is 0 Å². The molecule has 8 heteroatoms. The first-order valence-corrected chi connectivity index (χ1v) is 7.83. The van der Waals surface area contributed by atoms with E-state index in [1.54, 1.807) is 37.5 Å². The van der Waals surface area contributed by atoms with Gasteiger partial charge in [-0.15, -0.1) is 0 Å². The number of aromatic nitrogens is 3. The van der Waals surface area contributed by atoms with Gasteiger partial charge in [0, 0.05) is 40.6 Å². The smallest absolute Gasteiger partial charge is 0.243 e. The van der Waals surface area contributed by atoms with Crippen LogP contribution in [0, 0.1) is 0 Å². The summed E-state index contributed by atoms with van der Waals surface area (Å²) in [6.45, 7) is 1.76. The molecule has 3 aromatic rings. The van der Waals surface area contributed by atoms with E-state index in [0.717, 1.165) is 11.1 Å². The molecule has 1 atom stereocenters. The number of H-pyrrole nitrogens is 2. The molecule has 3 rings (SSSR count). The van der Waals surface area contributed by atoms with Gasteiger partial charge in [0.1, 0.15) is 4.90 Å². The predicted octanol–water partition coefficient (Wildman–Crippen LogP) is 1.51. The van der Waals surface area contributed by atoms with E-state index in [2.05, 4.69) is 19.9 Å². The number of hydrogen-bond acceptors (Lipinski definition) is 4. The number of fused-ring (bicyclic) bond motifs is 1. The first-order chi connectivity index (χ1) is 9.97. The van der Waals surface area contributed by atoms with Gasteiger partial charge in [-0.05, 0) is 25.1 Å². The van der Waals surface area contributed by atoms with E-state index in [0.29, 0.717) is 11.1 Å². The second kappa shape index (κ2) is 4.90. The fourth-order valence-corrected chi connectivity index (χ4v) is 3.60. The first kappa shape index (κ1) is 13.7. The fraction of sp³-hybridized carbons (Fsp3) is 0.154. The topological polar surface area (TPSA) is 117 Å². The largest absolute Gasteiger partial charge is 0.399 e. The Bertz CT molecular complexity index is 867. The summed E-state index contributed by atoms with van der Waals surface area (Å²) in [5, 5.41) is 7.05. The van der Waals surface area contributed by atoms with Crippen molar-refractivity contribution in [2.45, 2.75) is 17.9 Å². The zero-order chi connectivity index (χ0) is 15.0. The second-order valence-corrected chi connectivity index (χ2v) is 6.51. The van der Waals surface area contributed by atoms with Crippen LogP contribution in [0.2, 0.25) is 0 Å². The summed E-state index contributed by atoms with van der Waals surface area (Å²) in [4.78, 5) is 3.12. The molecule has 0 aliphatic carbocycles. The summed E-state index contributed by atoms with van der Waals surface area (Å²) >= 11 is 0. The molecule has 5 N–H and O–H groups in total. The Morgan fingerprint density at radius 1 is 1.33 bits per heavy atom. The van der Waals surface area contributed by atoms with Crippen molar-refractivity contribution in [3.8, 4) is 0 Å². The van der Waals surface area contributed by atoms with E-state index in [9.17, 15) is 8.42 Å². The molecule has 0 aliphatic heterocycles. The van der Waals surface area contributed by atoms with Crippen LogP contribution in [-0.4, -0.2) is 23.6 Å². The minimum Gasteiger partial charge on any atom is -0.399 e. The highest BCUT2D eigenvalue weighted by Crippen LogP contribution is 2.26. The zero-order valence-electron chi connectivity index (χ0n) is 11.3. The van der Waals surface area contributed by atoms with Crippen molar-refractivity contribution in [3.63, 3.8) is 0 Å². The van der Waals surface area contributed by atoms with Gasteiger partial charge < -0.3 is 10.7 Å². The molecule has 7 nitrogen and oxygen atoms in total. The van der Waals surface area contributed by atoms with Gasteiger partial charge in [0.2, 0.25) is 10.0 Å². The third-order valence-corrected chi connectivity index (χ3v) is 4.89. The predicted molar refractivity (Wildman–Crippen MR) is 80.0 cm³/mol. The van der Waals surface area contributed by atoms with Crippen molar-refractivity contribution in [3.05, 3.63) is 42.4 Å². The van der Waals surface area contributed by atoms with Gasteiger partial charge in [0.05, 0.1) is 6.20 Å². The maximum absolute atomic E-state index is 12.5. The molecule has 0 saturated carbocycles. The van der Waals surface area contributed by atoms with Crippen LogP contribution >= 0.6 is 0 Å². The van der Waals surface area contributed by atoms with E-state index in [1.165, 1.54) is 6.20 Å². The van der Waals surface area contributed by atoms with Crippen LogP contribution in [0.15, 0.2) is 41.7 Å². The van der Waals surface area contributed by atoms with Crippen LogP contribution in [-0.2, 0) is 10.0 Å². The molecule has 2 aromatic heterocycles. The lowest BCUT2D eigenvalue weighted by atomic mass is 10.2. The number of hydrogen-bond donors (Lipinski definition) is 4. The normalized spacial score (nSPS) is 13.6. The maximum Gasteiger partial charge on any atom is 0.243 e. The van der Waals surface area contributed by atoms with E-state index in [4.69, 9.17) is 5.73 Å². The number of sulfonamides is 1. The number of aromatic amines is 2. The van der Waals surface area contributed by atoms with Crippen molar-refractivity contribution in [1.29, 1.82) is 0 Å². The summed E-state index contributed by atoms with van der Waals surface area (Å²) < 4.78 is 27.7. The summed E-state index contributed by atoms with van der Waals surface area (Å²) in [7, 11) is -3.66. The van der Waals surface area contributed by atoms with Crippen LogP contribution in [0.3, 0.4) is 0 Å². The van der Waals surface area contributed by atoms with Crippen LogP contribution < -0.4 is 10.5 Å². The molecule has 110 valence electrons. The Morgan fingerprint density at radius 3 is 2.86 bits per heavy atom. The Hall–Kier alpha value is -2.32. The summed E-state index contributed by atoms with van der Waals surface area (Å²) in [5.74, 6) is 0. The van der Waals surface area contributed by atoms with E-state index in [1.807, 2.05) is 0 Å². The molecule has 0 fully saturated rings. The molecule has 0 aliphatic rings. The molecule has 0 saturated heterocycles. The average Bonchev–Trinajstić information content (AvgIpc) is 3.07. The zero-order valence-corrected chi connectivity index (χ0v) is 12.1. The molecule has 0 spiro atoms. The molecular weight excluding hydrogens is 290 g/mol.